The van der Waals surface area contributed by atoms with E-state index in [0.29, 0.717) is 0 Å². The first-order valence-electron chi connectivity index (χ1n) is 6.57. The zero-order valence-corrected chi connectivity index (χ0v) is 14.7. The van der Waals surface area contributed by atoms with Crippen molar-refractivity contribution in [1.82, 2.24) is 0 Å². The summed E-state index contributed by atoms with van der Waals surface area (Å²) in [7, 11) is -1.45. The summed E-state index contributed by atoms with van der Waals surface area (Å²) in [6, 6.07) is 9.88. The molecule has 0 bridgehead atoms. The highest BCUT2D eigenvalue weighted by Crippen LogP contribution is 2.17. The van der Waals surface area contributed by atoms with Gasteiger partial charge in [0.2, 0.25) is 0 Å². The first-order chi connectivity index (χ1) is 8.57. The van der Waals surface area contributed by atoms with E-state index in [9.17, 15) is 0 Å². The summed E-state index contributed by atoms with van der Waals surface area (Å²) in [5.41, 5.74) is 2.52. The molecule has 0 heterocycles. The molecule has 0 aliphatic rings. The number of unbranched alkanes of at least 4 members (excludes halogenated alkanes) is 1. The molecule has 100 valence electrons. The molecule has 1 rings (SSSR count). The molecule has 0 aliphatic heterocycles. The molecule has 0 atom stereocenters. The van der Waals surface area contributed by atoms with Gasteiger partial charge >= 0.3 is 0 Å². The number of benzene rings is 1. The lowest BCUT2D eigenvalue weighted by molar-refractivity contribution is 0.294. The second kappa shape index (κ2) is 8.12. The van der Waals surface area contributed by atoms with E-state index >= 15 is 0 Å². The molecular weight excluding hydrogens is 351 g/mol. The van der Waals surface area contributed by atoms with Crippen LogP contribution >= 0.6 is 22.6 Å². The predicted octanol–water partition coefficient (Wildman–Crippen LogP) is 5.61. The van der Waals surface area contributed by atoms with Gasteiger partial charge < -0.3 is 4.43 Å². The van der Waals surface area contributed by atoms with Crippen LogP contribution < -0.4 is 0 Å². The van der Waals surface area contributed by atoms with Gasteiger partial charge in [0, 0.05) is 0 Å². The minimum Gasteiger partial charge on any atom is -0.413 e. The Morgan fingerprint density at radius 3 is 2.44 bits per heavy atom. The van der Waals surface area contributed by atoms with Gasteiger partial charge in [0.25, 0.3) is 0 Å². The van der Waals surface area contributed by atoms with Crippen LogP contribution in [0, 0.1) is 0 Å². The van der Waals surface area contributed by atoms with Gasteiger partial charge in [-0.05, 0) is 40.4 Å². The smallest absolute Gasteiger partial charge is 0.187 e. The van der Waals surface area contributed by atoms with Crippen LogP contribution in [0.1, 0.15) is 30.9 Å². The maximum atomic E-state index is 6.14. The Hall–Kier alpha value is -0.133. The molecule has 0 N–H and O–H groups in total. The third-order valence-corrected chi connectivity index (χ3v) is 5.84. The first-order valence-corrected chi connectivity index (χ1v) is 10.9. The average molecular weight is 374 g/mol. The Morgan fingerprint density at radius 2 is 1.89 bits per heavy atom. The lowest BCUT2D eigenvalue weighted by Gasteiger charge is -2.22. The summed E-state index contributed by atoms with van der Waals surface area (Å²) in [6.45, 7) is 7.63. The highest BCUT2D eigenvalue weighted by molar-refractivity contribution is 14.1. The zero-order valence-electron chi connectivity index (χ0n) is 11.6. The van der Waals surface area contributed by atoms with Crippen LogP contribution in [0.25, 0.3) is 6.08 Å². The van der Waals surface area contributed by atoms with Crippen molar-refractivity contribution in [3.8, 4) is 0 Å². The Balaban J connectivity index is 2.47. The van der Waals surface area contributed by atoms with Crippen LogP contribution in [-0.4, -0.2) is 8.32 Å². The van der Waals surface area contributed by atoms with E-state index in [1.807, 2.05) is 4.08 Å². The van der Waals surface area contributed by atoms with Crippen molar-refractivity contribution in [2.45, 2.75) is 45.5 Å². The quantitative estimate of drug-likeness (QED) is 0.445. The van der Waals surface area contributed by atoms with Crippen LogP contribution in [0.15, 0.2) is 28.3 Å². The monoisotopic (exact) mass is 374 g/mol. The van der Waals surface area contributed by atoms with Gasteiger partial charge in [0.15, 0.2) is 8.32 Å². The topological polar surface area (TPSA) is 9.23 Å². The molecule has 1 nitrogen and oxygen atoms in total. The van der Waals surface area contributed by atoms with Gasteiger partial charge in [-0.25, -0.2) is 0 Å². The van der Waals surface area contributed by atoms with E-state index in [2.05, 4.69) is 73.0 Å². The van der Waals surface area contributed by atoms with Crippen molar-refractivity contribution >= 4 is 37.0 Å². The minimum absolute atomic E-state index is 0.761. The molecule has 0 aromatic heterocycles. The molecule has 0 unspecified atom stereocenters. The highest BCUT2D eigenvalue weighted by Gasteiger charge is 2.21. The van der Waals surface area contributed by atoms with Crippen molar-refractivity contribution in [1.29, 1.82) is 0 Å². The SMILES string of the molecule is CCCC[Si](C)(C)OCc1ccc(C=CI)cc1. The summed E-state index contributed by atoms with van der Waals surface area (Å²) in [5.74, 6) is 0. The molecular formula is C15H23IOSi. The second-order valence-electron chi connectivity index (χ2n) is 5.19. The Labute approximate surface area is 126 Å². The standard InChI is InChI=1S/C15H23IOSi/c1-4-5-12-18(2,3)17-13-15-8-6-14(7-9-15)10-11-16/h6-11H,4-5,12-13H2,1-3H3. The summed E-state index contributed by atoms with van der Waals surface area (Å²) in [5, 5.41) is 0. The summed E-state index contributed by atoms with van der Waals surface area (Å²) < 4.78 is 8.17. The van der Waals surface area contributed by atoms with Crippen molar-refractivity contribution in [3.63, 3.8) is 0 Å². The maximum absolute atomic E-state index is 6.14. The van der Waals surface area contributed by atoms with Gasteiger partial charge in [-0.3, -0.25) is 0 Å². The van der Waals surface area contributed by atoms with E-state index in [-0.39, 0.29) is 0 Å². The lowest BCUT2D eigenvalue weighted by Crippen LogP contribution is -2.29. The summed E-state index contributed by atoms with van der Waals surface area (Å²) >= 11 is 2.24. The van der Waals surface area contributed by atoms with Gasteiger partial charge in [0.05, 0.1) is 6.61 Å². The number of hydrogen-bond acceptors (Lipinski definition) is 1. The highest BCUT2D eigenvalue weighted by atomic mass is 127. The summed E-state index contributed by atoms with van der Waals surface area (Å²) in [6.07, 6.45) is 4.65. The van der Waals surface area contributed by atoms with E-state index in [4.69, 9.17) is 4.43 Å². The Kier molecular flexibility index (Phi) is 7.18. The molecule has 1 aromatic rings. The third-order valence-electron chi connectivity index (χ3n) is 3.00. The van der Waals surface area contributed by atoms with Crippen molar-refractivity contribution < 1.29 is 4.43 Å². The lowest BCUT2D eigenvalue weighted by atomic mass is 10.1. The molecule has 0 fully saturated rings. The number of hydrogen-bond donors (Lipinski definition) is 0. The Bertz CT molecular complexity index is 371. The van der Waals surface area contributed by atoms with Gasteiger partial charge in [-0.15, -0.1) is 0 Å². The summed E-state index contributed by atoms with van der Waals surface area (Å²) in [4.78, 5) is 0. The largest absolute Gasteiger partial charge is 0.413 e. The third kappa shape index (κ3) is 6.16. The molecule has 3 heteroatoms. The van der Waals surface area contributed by atoms with E-state index in [1.54, 1.807) is 0 Å². The van der Waals surface area contributed by atoms with Crippen LogP contribution in [0.4, 0.5) is 0 Å². The van der Waals surface area contributed by atoms with Crippen LogP contribution in [0.2, 0.25) is 19.1 Å². The van der Waals surface area contributed by atoms with E-state index < -0.39 is 8.32 Å². The van der Waals surface area contributed by atoms with Crippen molar-refractivity contribution in [2.24, 2.45) is 0 Å². The zero-order chi connectivity index (χ0) is 13.4. The van der Waals surface area contributed by atoms with Crippen LogP contribution in [-0.2, 0) is 11.0 Å². The predicted molar refractivity (Wildman–Crippen MR) is 91.5 cm³/mol. The van der Waals surface area contributed by atoms with Gasteiger partial charge in [-0.2, -0.15) is 0 Å². The number of halogens is 1. The molecule has 1 aromatic carbocycles. The van der Waals surface area contributed by atoms with Gasteiger partial charge in [-0.1, -0.05) is 66.6 Å². The first kappa shape index (κ1) is 15.9. The fourth-order valence-corrected chi connectivity index (χ4v) is 4.07. The molecule has 0 saturated carbocycles. The molecule has 0 saturated heterocycles. The number of rotatable bonds is 7. The van der Waals surface area contributed by atoms with Crippen molar-refractivity contribution in [2.75, 3.05) is 0 Å². The molecule has 0 spiro atoms. The molecule has 18 heavy (non-hydrogen) atoms. The molecule has 0 aliphatic carbocycles. The molecule has 0 radical (unpaired) electrons. The fourth-order valence-electron chi connectivity index (χ4n) is 1.75. The van der Waals surface area contributed by atoms with Gasteiger partial charge in [0.1, 0.15) is 0 Å². The minimum atomic E-state index is -1.45. The Morgan fingerprint density at radius 1 is 1.22 bits per heavy atom. The van der Waals surface area contributed by atoms with Crippen molar-refractivity contribution in [3.05, 3.63) is 39.5 Å². The van der Waals surface area contributed by atoms with Crippen LogP contribution in [0.3, 0.4) is 0 Å². The maximum Gasteiger partial charge on any atom is 0.187 e. The fraction of sp³-hybridized carbons (Fsp3) is 0.467. The van der Waals surface area contributed by atoms with Crippen LogP contribution in [0.5, 0.6) is 0 Å². The normalized spacial score (nSPS) is 12.2. The average Bonchev–Trinajstić information content (AvgIpc) is 2.36. The molecule has 0 amide bonds. The second-order valence-corrected chi connectivity index (χ2v) is 10.2. The van der Waals surface area contributed by atoms with E-state index in [1.165, 1.54) is 30.0 Å². The van der Waals surface area contributed by atoms with E-state index in [0.717, 1.165) is 6.61 Å².